The second-order valence-corrected chi connectivity index (χ2v) is 6.71. The molecule has 2 aromatic carbocycles. The van der Waals surface area contributed by atoms with Gasteiger partial charge in [-0.15, -0.1) is 0 Å². The monoisotopic (exact) mass is 318 g/mol. The van der Waals surface area contributed by atoms with Crippen molar-refractivity contribution in [1.82, 2.24) is 9.55 Å². The van der Waals surface area contributed by atoms with Gasteiger partial charge in [-0.25, -0.2) is 4.79 Å². The van der Waals surface area contributed by atoms with Crippen molar-refractivity contribution in [3.8, 4) is 17.0 Å². The van der Waals surface area contributed by atoms with Crippen LogP contribution in [0.25, 0.3) is 22.2 Å². The van der Waals surface area contributed by atoms with E-state index >= 15 is 0 Å². The molecule has 1 aromatic heterocycles. The maximum absolute atomic E-state index is 12.7. The maximum Gasteiger partial charge on any atom is 0.348 e. The minimum Gasteiger partial charge on any atom is -0.492 e. The molecule has 1 aliphatic heterocycles. The molecule has 1 fully saturated rings. The van der Waals surface area contributed by atoms with Crippen molar-refractivity contribution in [3.63, 3.8) is 0 Å². The van der Waals surface area contributed by atoms with Crippen LogP contribution in [-0.4, -0.2) is 16.2 Å². The van der Waals surface area contributed by atoms with E-state index in [1.54, 1.807) is 0 Å². The molecule has 0 bridgehead atoms. The van der Waals surface area contributed by atoms with Crippen LogP contribution in [0.15, 0.2) is 47.3 Å². The van der Waals surface area contributed by atoms with Gasteiger partial charge in [-0.1, -0.05) is 36.4 Å². The second-order valence-electron chi connectivity index (χ2n) is 6.71. The lowest BCUT2D eigenvalue weighted by molar-refractivity contribution is 0.360. The van der Waals surface area contributed by atoms with Gasteiger partial charge in [-0.05, 0) is 30.4 Å². The van der Waals surface area contributed by atoms with Crippen LogP contribution in [0.3, 0.4) is 0 Å². The fourth-order valence-corrected chi connectivity index (χ4v) is 3.55. The number of hydrogen-bond acceptors (Lipinski definition) is 3. The van der Waals surface area contributed by atoms with Gasteiger partial charge in [0.15, 0.2) is 0 Å². The highest BCUT2D eigenvalue weighted by Crippen LogP contribution is 2.39. The number of benzene rings is 2. The Morgan fingerprint density at radius 3 is 2.75 bits per heavy atom. The van der Waals surface area contributed by atoms with Crippen LogP contribution in [0.5, 0.6) is 5.75 Å². The lowest BCUT2D eigenvalue weighted by Crippen LogP contribution is -2.25. The Hall–Kier alpha value is -2.62. The molecule has 120 valence electrons. The highest BCUT2D eigenvalue weighted by molar-refractivity contribution is 5.98. The molecular formula is C20H18N2O2. The van der Waals surface area contributed by atoms with E-state index in [2.05, 4.69) is 17.1 Å². The summed E-state index contributed by atoms with van der Waals surface area (Å²) in [5, 5.41) is 0.983. The smallest absolute Gasteiger partial charge is 0.348 e. The van der Waals surface area contributed by atoms with Gasteiger partial charge in [0.05, 0.1) is 23.2 Å². The minimum atomic E-state index is -0.161. The topological polar surface area (TPSA) is 44.1 Å². The zero-order valence-electron chi connectivity index (χ0n) is 13.4. The molecule has 0 amide bonds. The van der Waals surface area contributed by atoms with E-state index in [0.717, 1.165) is 40.9 Å². The molecule has 24 heavy (non-hydrogen) atoms. The summed E-state index contributed by atoms with van der Waals surface area (Å²) in [7, 11) is 0. The van der Waals surface area contributed by atoms with Crippen LogP contribution < -0.4 is 10.4 Å². The Bertz CT molecular complexity index is 988. The molecule has 0 radical (unpaired) electrons. The van der Waals surface area contributed by atoms with Gasteiger partial charge in [0.2, 0.25) is 0 Å². The first-order valence-electron chi connectivity index (χ1n) is 8.56. The Balaban J connectivity index is 1.86. The van der Waals surface area contributed by atoms with Crippen molar-refractivity contribution in [2.24, 2.45) is 5.92 Å². The van der Waals surface area contributed by atoms with Gasteiger partial charge < -0.3 is 4.74 Å². The third-order valence-corrected chi connectivity index (χ3v) is 4.99. The maximum atomic E-state index is 12.7. The van der Waals surface area contributed by atoms with Crippen molar-refractivity contribution in [2.45, 2.75) is 25.8 Å². The van der Waals surface area contributed by atoms with Crippen molar-refractivity contribution >= 4 is 10.9 Å². The van der Waals surface area contributed by atoms with Crippen LogP contribution in [-0.2, 0) is 13.0 Å². The van der Waals surface area contributed by atoms with Crippen LogP contribution >= 0.6 is 0 Å². The number of aromatic nitrogens is 2. The molecule has 4 heteroatoms. The number of rotatable bonds is 3. The van der Waals surface area contributed by atoms with Crippen LogP contribution in [0.1, 0.15) is 18.4 Å². The standard InChI is InChI=1S/C20H18N2O2/c23-20-21-18(14-4-2-1-3-5-14)17-16(22(20)12-13-6-7-13)9-8-15-10-11-24-19(15)17/h1-5,8-9,13H,6-7,10-12H2. The number of nitrogens with zero attached hydrogens (tertiary/aromatic N) is 2. The Morgan fingerprint density at radius 2 is 1.96 bits per heavy atom. The average Bonchev–Trinajstić information content (AvgIpc) is 3.30. The van der Waals surface area contributed by atoms with Crippen molar-refractivity contribution in [2.75, 3.05) is 6.61 Å². The number of ether oxygens (including phenoxy) is 1. The van der Waals surface area contributed by atoms with E-state index in [0.29, 0.717) is 12.5 Å². The summed E-state index contributed by atoms with van der Waals surface area (Å²) < 4.78 is 7.77. The summed E-state index contributed by atoms with van der Waals surface area (Å²) in [4.78, 5) is 17.2. The largest absolute Gasteiger partial charge is 0.492 e. The van der Waals surface area contributed by atoms with Gasteiger partial charge in [0, 0.05) is 18.5 Å². The molecule has 0 spiro atoms. The first kappa shape index (κ1) is 13.8. The predicted octanol–water partition coefficient (Wildman–Crippen LogP) is 3.41. The zero-order valence-corrected chi connectivity index (χ0v) is 13.4. The van der Waals surface area contributed by atoms with Gasteiger partial charge in [0.25, 0.3) is 0 Å². The zero-order chi connectivity index (χ0) is 16.1. The molecule has 4 nitrogen and oxygen atoms in total. The molecule has 5 rings (SSSR count). The highest BCUT2D eigenvalue weighted by Gasteiger charge is 2.26. The SMILES string of the molecule is O=c1nc(-c2ccccc2)c2c3c(ccc2n1CC1CC1)CCO3. The molecule has 1 aliphatic carbocycles. The summed E-state index contributed by atoms with van der Waals surface area (Å²) in [6, 6.07) is 14.1. The molecule has 0 saturated heterocycles. The fraction of sp³-hybridized carbons (Fsp3) is 0.300. The third kappa shape index (κ3) is 2.13. The lowest BCUT2D eigenvalue weighted by Gasteiger charge is -2.15. The predicted molar refractivity (Wildman–Crippen MR) is 93.4 cm³/mol. The van der Waals surface area contributed by atoms with Crippen LogP contribution in [0, 0.1) is 5.92 Å². The van der Waals surface area contributed by atoms with Gasteiger partial charge >= 0.3 is 5.69 Å². The number of fused-ring (bicyclic) bond motifs is 3. The fourth-order valence-electron chi connectivity index (χ4n) is 3.55. The van der Waals surface area contributed by atoms with E-state index in [4.69, 9.17) is 4.74 Å². The summed E-state index contributed by atoms with van der Waals surface area (Å²) >= 11 is 0. The third-order valence-electron chi connectivity index (χ3n) is 4.99. The Kier molecular flexibility index (Phi) is 2.98. The second kappa shape index (κ2) is 5.20. The van der Waals surface area contributed by atoms with Gasteiger partial charge in [0.1, 0.15) is 5.75 Å². The quantitative estimate of drug-likeness (QED) is 0.743. The van der Waals surface area contributed by atoms with E-state index in [-0.39, 0.29) is 5.69 Å². The molecule has 2 aliphatic rings. The van der Waals surface area contributed by atoms with E-state index in [1.807, 2.05) is 34.9 Å². The lowest BCUT2D eigenvalue weighted by atomic mass is 10.0. The first-order valence-corrected chi connectivity index (χ1v) is 8.56. The molecule has 0 unspecified atom stereocenters. The van der Waals surface area contributed by atoms with E-state index < -0.39 is 0 Å². The molecule has 0 N–H and O–H groups in total. The summed E-state index contributed by atoms with van der Waals surface area (Å²) in [5.74, 6) is 1.52. The Labute approximate surface area is 139 Å². The molecule has 3 aromatic rings. The average molecular weight is 318 g/mol. The van der Waals surface area contributed by atoms with Crippen molar-refractivity contribution < 1.29 is 4.74 Å². The number of hydrogen-bond donors (Lipinski definition) is 0. The van der Waals surface area contributed by atoms with Crippen LogP contribution in [0.2, 0.25) is 0 Å². The molecule has 2 heterocycles. The summed E-state index contributed by atoms with van der Waals surface area (Å²) in [6.45, 7) is 1.46. The minimum absolute atomic E-state index is 0.161. The van der Waals surface area contributed by atoms with Gasteiger partial charge in [-0.3, -0.25) is 4.57 Å². The highest BCUT2D eigenvalue weighted by atomic mass is 16.5. The summed E-state index contributed by atoms with van der Waals surface area (Å²) in [5.41, 5.74) is 3.69. The van der Waals surface area contributed by atoms with E-state index in [1.165, 1.54) is 18.4 Å². The normalized spacial score (nSPS) is 16.2. The first-order chi connectivity index (χ1) is 11.8. The van der Waals surface area contributed by atoms with E-state index in [9.17, 15) is 4.79 Å². The molecular weight excluding hydrogens is 300 g/mol. The van der Waals surface area contributed by atoms with Crippen molar-refractivity contribution in [3.05, 3.63) is 58.5 Å². The van der Waals surface area contributed by atoms with Crippen LogP contribution in [0.4, 0.5) is 0 Å². The summed E-state index contributed by atoms with van der Waals surface area (Å²) in [6.07, 6.45) is 3.33. The Morgan fingerprint density at radius 1 is 1.12 bits per heavy atom. The molecule has 1 saturated carbocycles. The molecule has 0 atom stereocenters. The van der Waals surface area contributed by atoms with Crippen molar-refractivity contribution in [1.29, 1.82) is 0 Å². The van der Waals surface area contributed by atoms with Gasteiger partial charge in [-0.2, -0.15) is 4.98 Å².